The van der Waals surface area contributed by atoms with Gasteiger partial charge in [-0.2, -0.15) is 0 Å². The molecule has 0 bridgehead atoms. The molecule has 1 fully saturated rings. The topological polar surface area (TPSA) is 74.0 Å². The van der Waals surface area contributed by atoms with E-state index < -0.39 is 0 Å². The van der Waals surface area contributed by atoms with Crippen molar-refractivity contribution in [1.82, 2.24) is 4.90 Å². The van der Waals surface area contributed by atoms with Crippen LogP contribution in [0.15, 0.2) is 12.1 Å². The zero-order valence-corrected chi connectivity index (χ0v) is 14.3. The molecule has 6 heteroatoms. The van der Waals surface area contributed by atoms with Crippen LogP contribution in [0.1, 0.15) is 30.1 Å². The molecule has 0 radical (unpaired) electrons. The van der Waals surface area contributed by atoms with Crippen LogP contribution in [0.3, 0.4) is 0 Å². The van der Waals surface area contributed by atoms with Crippen molar-refractivity contribution in [3.05, 3.63) is 17.7 Å². The fraction of sp³-hybridized carbons (Fsp3) is 0.588. The zero-order valence-electron chi connectivity index (χ0n) is 14.3. The molecule has 2 rings (SSSR count). The van der Waals surface area contributed by atoms with E-state index in [-0.39, 0.29) is 11.9 Å². The molecule has 1 amide bonds. The fourth-order valence-corrected chi connectivity index (χ4v) is 3.02. The number of piperidine rings is 1. The molecule has 1 saturated heterocycles. The molecule has 1 aliphatic heterocycles. The van der Waals surface area contributed by atoms with Gasteiger partial charge >= 0.3 is 0 Å². The lowest BCUT2D eigenvalue weighted by Crippen LogP contribution is -2.42. The number of likely N-dealkylation sites (tertiary alicyclic amines) is 1. The van der Waals surface area contributed by atoms with Gasteiger partial charge < -0.3 is 24.8 Å². The summed E-state index contributed by atoms with van der Waals surface area (Å²) in [5.74, 6) is 1.93. The number of benzene rings is 1. The van der Waals surface area contributed by atoms with E-state index in [1.165, 1.54) is 0 Å². The van der Waals surface area contributed by atoms with Gasteiger partial charge in [-0.25, -0.2) is 0 Å². The third-order valence-corrected chi connectivity index (χ3v) is 4.48. The summed E-state index contributed by atoms with van der Waals surface area (Å²) in [5.41, 5.74) is 6.50. The highest BCUT2D eigenvalue weighted by Gasteiger charge is 2.27. The summed E-state index contributed by atoms with van der Waals surface area (Å²) in [5, 5.41) is 0. The average molecular weight is 322 g/mol. The van der Waals surface area contributed by atoms with E-state index in [4.69, 9.17) is 19.9 Å². The van der Waals surface area contributed by atoms with Crippen molar-refractivity contribution in [3.63, 3.8) is 0 Å². The SMILES string of the molecule is COc1cc(C(=O)N2CCC(C(C)N)CC2)cc(OC)c1OC. The van der Waals surface area contributed by atoms with E-state index in [0.717, 1.165) is 25.9 Å². The number of methoxy groups -OCH3 is 3. The molecule has 0 aromatic heterocycles. The average Bonchev–Trinajstić information content (AvgIpc) is 2.59. The molecule has 128 valence electrons. The molecule has 1 aromatic carbocycles. The maximum atomic E-state index is 12.8. The fourth-order valence-electron chi connectivity index (χ4n) is 3.02. The minimum atomic E-state index is -0.0209. The Morgan fingerprint density at radius 1 is 1.13 bits per heavy atom. The van der Waals surface area contributed by atoms with E-state index >= 15 is 0 Å². The minimum Gasteiger partial charge on any atom is -0.493 e. The minimum absolute atomic E-state index is 0.0209. The molecule has 1 aliphatic rings. The highest BCUT2D eigenvalue weighted by Crippen LogP contribution is 2.38. The Morgan fingerprint density at radius 3 is 2.04 bits per heavy atom. The van der Waals surface area contributed by atoms with Crippen LogP contribution in [-0.4, -0.2) is 51.3 Å². The van der Waals surface area contributed by atoms with Gasteiger partial charge in [0.1, 0.15) is 0 Å². The maximum absolute atomic E-state index is 12.8. The van der Waals surface area contributed by atoms with Crippen LogP contribution in [0.4, 0.5) is 0 Å². The monoisotopic (exact) mass is 322 g/mol. The second-order valence-electron chi connectivity index (χ2n) is 5.90. The van der Waals surface area contributed by atoms with Gasteiger partial charge in [0.05, 0.1) is 21.3 Å². The van der Waals surface area contributed by atoms with Crippen molar-refractivity contribution < 1.29 is 19.0 Å². The smallest absolute Gasteiger partial charge is 0.254 e. The summed E-state index contributed by atoms with van der Waals surface area (Å²) in [6.07, 6.45) is 1.88. The van der Waals surface area contributed by atoms with Gasteiger partial charge in [0, 0.05) is 24.7 Å². The van der Waals surface area contributed by atoms with Crippen molar-refractivity contribution in [1.29, 1.82) is 0 Å². The molecule has 0 spiro atoms. The van der Waals surface area contributed by atoms with E-state index in [1.807, 2.05) is 11.8 Å². The molecule has 1 aromatic rings. The summed E-state index contributed by atoms with van der Waals surface area (Å²) in [4.78, 5) is 14.6. The third kappa shape index (κ3) is 3.69. The Morgan fingerprint density at radius 2 is 1.65 bits per heavy atom. The first-order valence-electron chi connectivity index (χ1n) is 7.86. The van der Waals surface area contributed by atoms with E-state index in [0.29, 0.717) is 28.7 Å². The molecule has 1 atom stereocenters. The number of nitrogens with zero attached hydrogens (tertiary/aromatic N) is 1. The molecular weight excluding hydrogens is 296 g/mol. The van der Waals surface area contributed by atoms with Crippen molar-refractivity contribution in [2.75, 3.05) is 34.4 Å². The Labute approximate surface area is 137 Å². The van der Waals surface area contributed by atoms with Crippen molar-refractivity contribution in [3.8, 4) is 17.2 Å². The Hall–Kier alpha value is -1.95. The molecule has 6 nitrogen and oxygen atoms in total. The van der Waals surface area contributed by atoms with Gasteiger partial charge in [-0.1, -0.05) is 0 Å². The first-order chi connectivity index (χ1) is 11.0. The Bertz CT molecular complexity index is 527. The second-order valence-corrected chi connectivity index (χ2v) is 5.90. The Kier molecular flexibility index (Phi) is 5.71. The largest absolute Gasteiger partial charge is 0.493 e. The molecular formula is C17H26N2O4. The molecule has 1 unspecified atom stereocenters. The summed E-state index contributed by atoms with van der Waals surface area (Å²) in [7, 11) is 4.62. The number of carbonyl (C=O) groups is 1. The van der Waals surface area contributed by atoms with Crippen molar-refractivity contribution >= 4 is 5.91 Å². The van der Waals surface area contributed by atoms with Gasteiger partial charge in [0.15, 0.2) is 11.5 Å². The summed E-state index contributed by atoms with van der Waals surface area (Å²) >= 11 is 0. The highest BCUT2D eigenvalue weighted by molar-refractivity contribution is 5.95. The van der Waals surface area contributed by atoms with Crippen LogP contribution in [-0.2, 0) is 0 Å². The van der Waals surface area contributed by atoms with Gasteiger partial charge in [-0.15, -0.1) is 0 Å². The number of hydrogen-bond acceptors (Lipinski definition) is 5. The lowest BCUT2D eigenvalue weighted by atomic mass is 9.90. The van der Waals surface area contributed by atoms with Crippen LogP contribution in [0.25, 0.3) is 0 Å². The first-order valence-corrected chi connectivity index (χ1v) is 7.86. The lowest BCUT2D eigenvalue weighted by molar-refractivity contribution is 0.0680. The zero-order chi connectivity index (χ0) is 17.0. The number of nitrogens with two attached hydrogens (primary N) is 1. The lowest BCUT2D eigenvalue weighted by Gasteiger charge is -2.33. The molecule has 0 aliphatic carbocycles. The molecule has 23 heavy (non-hydrogen) atoms. The van der Waals surface area contributed by atoms with Crippen molar-refractivity contribution in [2.24, 2.45) is 11.7 Å². The third-order valence-electron chi connectivity index (χ3n) is 4.48. The normalized spacial score (nSPS) is 16.8. The number of rotatable bonds is 5. The second kappa shape index (κ2) is 7.55. The predicted octanol–water partition coefficient (Wildman–Crippen LogP) is 1.91. The van der Waals surface area contributed by atoms with E-state index in [9.17, 15) is 4.79 Å². The van der Waals surface area contributed by atoms with Gasteiger partial charge in [-0.05, 0) is 37.8 Å². The maximum Gasteiger partial charge on any atom is 0.254 e. The number of hydrogen-bond donors (Lipinski definition) is 1. The van der Waals surface area contributed by atoms with E-state index in [2.05, 4.69) is 0 Å². The number of ether oxygens (including phenoxy) is 3. The standard InChI is InChI=1S/C17H26N2O4/c1-11(18)12-5-7-19(8-6-12)17(20)13-9-14(21-2)16(23-4)15(10-13)22-3/h9-12H,5-8,18H2,1-4H3. The molecule has 1 heterocycles. The van der Waals surface area contributed by atoms with Gasteiger partial charge in [-0.3, -0.25) is 4.79 Å². The van der Waals surface area contributed by atoms with E-state index in [1.54, 1.807) is 33.5 Å². The van der Waals surface area contributed by atoms with Gasteiger partial charge in [0.2, 0.25) is 5.75 Å². The van der Waals surface area contributed by atoms with Crippen LogP contribution in [0.2, 0.25) is 0 Å². The number of amides is 1. The Balaban J connectivity index is 2.20. The summed E-state index contributed by atoms with van der Waals surface area (Å²) in [6, 6.07) is 3.57. The van der Waals surface area contributed by atoms with Crippen LogP contribution in [0, 0.1) is 5.92 Å². The summed E-state index contributed by atoms with van der Waals surface area (Å²) in [6.45, 7) is 3.48. The number of carbonyl (C=O) groups excluding carboxylic acids is 1. The molecule has 2 N–H and O–H groups in total. The van der Waals surface area contributed by atoms with Crippen LogP contribution >= 0.6 is 0 Å². The van der Waals surface area contributed by atoms with Crippen LogP contribution < -0.4 is 19.9 Å². The highest BCUT2D eigenvalue weighted by atomic mass is 16.5. The van der Waals surface area contributed by atoms with Gasteiger partial charge in [0.25, 0.3) is 5.91 Å². The summed E-state index contributed by atoms with van der Waals surface area (Å²) < 4.78 is 15.9. The molecule has 0 saturated carbocycles. The quantitative estimate of drug-likeness (QED) is 0.896. The first kappa shape index (κ1) is 17.4. The predicted molar refractivity (Wildman–Crippen MR) is 88.4 cm³/mol. The van der Waals surface area contributed by atoms with Crippen LogP contribution in [0.5, 0.6) is 17.2 Å². The van der Waals surface area contributed by atoms with Crippen molar-refractivity contribution in [2.45, 2.75) is 25.8 Å².